The van der Waals surface area contributed by atoms with Crippen LogP contribution in [0.5, 0.6) is 0 Å². The molecule has 1 heterocycles. The van der Waals surface area contributed by atoms with Crippen LogP contribution in [0.15, 0.2) is 12.2 Å². The van der Waals surface area contributed by atoms with E-state index in [4.69, 9.17) is 9.47 Å². The Morgan fingerprint density at radius 3 is 0.886 bits per heavy atom. The summed E-state index contributed by atoms with van der Waals surface area (Å²) in [7, 11) is 0. The fourth-order valence-electron chi connectivity index (χ4n) is 10.6. The molecule has 6 heteroatoms. The maximum atomic E-state index is 12.5. The number of carbonyl (C=O) groups is 2. The second-order valence-corrected chi connectivity index (χ2v) is 22.8. The molecule has 0 bridgehead atoms. The molecule has 0 amide bonds. The number of rotatable bonds is 55. The fraction of sp³-hybridized carbons (Fsp3) is 0.938. The standard InChI is InChI=1S/C64H122O6/c1-2-3-4-5-6-7-8-9-10-11-12-13-14-15-16-17-18-19-20-21-22-23-24-25-26-27-28-29-30-31-32-33-34-35-36-37-38-39-40-41-42-43-44-45-46-47-48-49-50-51-52-53-54-55-61-56-62(67)69-59-64(57-65,58-66)60-70-63(61)68/h8-9,61,65-66H,2-7,10-60H2,1H3/b9-8+. The number of esters is 2. The van der Waals surface area contributed by atoms with Gasteiger partial charge in [-0.3, -0.25) is 9.59 Å². The molecule has 414 valence electrons. The first-order chi connectivity index (χ1) is 34.6. The van der Waals surface area contributed by atoms with Crippen molar-refractivity contribution in [2.75, 3.05) is 26.4 Å². The second kappa shape index (κ2) is 53.9. The van der Waals surface area contributed by atoms with Gasteiger partial charge in [-0.2, -0.15) is 0 Å². The van der Waals surface area contributed by atoms with Gasteiger partial charge in [0.05, 0.1) is 31.0 Å². The highest BCUT2D eigenvalue weighted by atomic mass is 16.6. The number of ether oxygens (including phenoxy) is 2. The largest absolute Gasteiger partial charge is 0.465 e. The zero-order valence-corrected chi connectivity index (χ0v) is 47.1. The number of aliphatic hydroxyl groups is 2. The lowest BCUT2D eigenvalue weighted by Gasteiger charge is -2.27. The summed E-state index contributed by atoms with van der Waals surface area (Å²) < 4.78 is 10.6. The van der Waals surface area contributed by atoms with Crippen LogP contribution in [0.25, 0.3) is 0 Å². The Morgan fingerprint density at radius 1 is 0.371 bits per heavy atom. The van der Waals surface area contributed by atoms with Crippen LogP contribution >= 0.6 is 0 Å². The predicted octanol–water partition coefficient (Wildman–Crippen LogP) is 19.9. The van der Waals surface area contributed by atoms with Gasteiger partial charge in [-0.15, -0.1) is 0 Å². The first kappa shape index (κ1) is 66.6. The van der Waals surface area contributed by atoms with Crippen molar-refractivity contribution in [3.8, 4) is 0 Å². The van der Waals surface area contributed by atoms with Crippen molar-refractivity contribution in [2.24, 2.45) is 11.3 Å². The zero-order valence-electron chi connectivity index (χ0n) is 47.1. The van der Waals surface area contributed by atoms with E-state index in [1.54, 1.807) is 0 Å². The molecule has 1 saturated heterocycles. The van der Waals surface area contributed by atoms with Crippen LogP contribution in [-0.2, 0) is 19.1 Å². The smallest absolute Gasteiger partial charge is 0.309 e. The highest BCUT2D eigenvalue weighted by Gasteiger charge is 2.36. The Bertz CT molecular complexity index is 1100. The summed E-state index contributed by atoms with van der Waals surface area (Å²) in [6, 6.07) is 0. The molecule has 1 atom stereocenters. The molecule has 1 unspecified atom stereocenters. The summed E-state index contributed by atoms with van der Waals surface area (Å²) in [5.41, 5.74) is -1.12. The van der Waals surface area contributed by atoms with Crippen LogP contribution in [0, 0.1) is 11.3 Å². The number of carbonyl (C=O) groups excluding carboxylic acids is 2. The first-order valence-corrected chi connectivity index (χ1v) is 31.8. The lowest BCUT2D eigenvalue weighted by Crippen LogP contribution is -2.40. The lowest BCUT2D eigenvalue weighted by molar-refractivity contribution is -0.155. The molecule has 0 spiro atoms. The van der Waals surface area contributed by atoms with Gasteiger partial charge in [0.25, 0.3) is 0 Å². The van der Waals surface area contributed by atoms with Crippen LogP contribution in [-0.4, -0.2) is 48.6 Å². The molecular weight excluding hydrogens is 865 g/mol. The number of unbranched alkanes of at least 4 members (excludes halogenated alkanes) is 49. The molecule has 6 nitrogen and oxygen atoms in total. The molecule has 1 rings (SSSR count). The van der Waals surface area contributed by atoms with Crippen molar-refractivity contribution in [1.29, 1.82) is 0 Å². The fourth-order valence-corrected chi connectivity index (χ4v) is 10.6. The Hall–Kier alpha value is -1.40. The van der Waals surface area contributed by atoms with Gasteiger partial charge in [-0.1, -0.05) is 321 Å². The van der Waals surface area contributed by atoms with E-state index >= 15 is 0 Å². The predicted molar refractivity (Wildman–Crippen MR) is 302 cm³/mol. The van der Waals surface area contributed by atoms with E-state index in [2.05, 4.69) is 19.1 Å². The lowest BCUT2D eigenvalue weighted by atomic mass is 9.92. The summed E-state index contributed by atoms with van der Waals surface area (Å²) in [4.78, 5) is 24.7. The maximum absolute atomic E-state index is 12.5. The molecule has 0 aromatic rings. The van der Waals surface area contributed by atoms with E-state index in [0.29, 0.717) is 6.42 Å². The van der Waals surface area contributed by atoms with Gasteiger partial charge in [0.2, 0.25) is 0 Å². The molecule has 0 aromatic heterocycles. The first-order valence-electron chi connectivity index (χ1n) is 31.8. The molecular formula is C64H122O6. The van der Waals surface area contributed by atoms with Crippen LogP contribution in [0.1, 0.15) is 347 Å². The van der Waals surface area contributed by atoms with E-state index in [9.17, 15) is 19.8 Å². The summed E-state index contributed by atoms with van der Waals surface area (Å²) in [5, 5.41) is 19.2. The van der Waals surface area contributed by atoms with E-state index < -0.39 is 36.5 Å². The van der Waals surface area contributed by atoms with Crippen LogP contribution in [0.3, 0.4) is 0 Å². The minimum absolute atomic E-state index is 0.00516. The molecule has 1 aliphatic rings. The monoisotopic (exact) mass is 987 g/mol. The Labute approximate surface area is 436 Å². The highest BCUT2D eigenvalue weighted by Crippen LogP contribution is 2.25. The van der Waals surface area contributed by atoms with E-state index in [0.717, 1.165) is 19.3 Å². The Morgan fingerprint density at radius 2 is 0.614 bits per heavy atom. The normalized spacial score (nSPS) is 15.3. The van der Waals surface area contributed by atoms with Crippen molar-refractivity contribution in [2.45, 2.75) is 347 Å². The number of allylic oxidation sites excluding steroid dienone is 2. The van der Waals surface area contributed by atoms with Gasteiger partial charge in [-0.25, -0.2) is 0 Å². The van der Waals surface area contributed by atoms with Crippen LogP contribution < -0.4 is 0 Å². The highest BCUT2D eigenvalue weighted by molar-refractivity contribution is 5.80. The van der Waals surface area contributed by atoms with Crippen LogP contribution in [0.2, 0.25) is 0 Å². The molecule has 1 aliphatic heterocycles. The number of aliphatic hydroxyl groups excluding tert-OH is 2. The number of hydrogen-bond donors (Lipinski definition) is 2. The summed E-state index contributed by atoms with van der Waals surface area (Å²) in [5.74, 6) is -1.40. The SMILES string of the molecule is CCCCCCC/C=C/CCCCCCCCCCCCCCCCCCCCCCCCCCCCCCCCCCCCCCCCCCCCCCC1CC(=O)OCC(CO)(CO)COC1=O. The van der Waals surface area contributed by atoms with Crippen molar-refractivity contribution >= 4 is 11.9 Å². The minimum Gasteiger partial charge on any atom is -0.465 e. The summed E-state index contributed by atoms with van der Waals surface area (Å²) in [6.45, 7) is 1.20. The van der Waals surface area contributed by atoms with Crippen molar-refractivity contribution < 1.29 is 29.3 Å². The molecule has 70 heavy (non-hydrogen) atoms. The van der Waals surface area contributed by atoms with E-state index in [1.165, 1.54) is 308 Å². The van der Waals surface area contributed by atoms with Crippen molar-refractivity contribution in [3.63, 3.8) is 0 Å². The number of cyclic esters (lactones) is 2. The quantitative estimate of drug-likeness (QED) is 0.0358. The molecule has 0 saturated carbocycles. The third-order valence-electron chi connectivity index (χ3n) is 15.8. The van der Waals surface area contributed by atoms with E-state index in [-0.39, 0.29) is 19.6 Å². The Balaban J connectivity index is 1.67. The van der Waals surface area contributed by atoms with E-state index in [1.807, 2.05) is 0 Å². The van der Waals surface area contributed by atoms with Crippen molar-refractivity contribution in [3.05, 3.63) is 12.2 Å². The Kier molecular flexibility index (Phi) is 51.3. The molecule has 0 aliphatic carbocycles. The minimum atomic E-state index is -1.12. The summed E-state index contributed by atoms with van der Waals surface area (Å²) in [6.07, 6.45) is 77.2. The second-order valence-electron chi connectivity index (χ2n) is 22.8. The van der Waals surface area contributed by atoms with Gasteiger partial charge in [0, 0.05) is 0 Å². The zero-order chi connectivity index (χ0) is 50.4. The topological polar surface area (TPSA) is 93.1 Å². The van der Waals surface area contributed by atoms with Gasteiger partial charge in [0.1, 0.15) is 13.2 Å². The maximum Gasteiger partial charge on any atom is 0.309 e. The van der Waals surface area contributed by atoms with Gasteiger partial charge in [-0.05, 0) is 32.1 Å². The van der Waals surface area contributed by atoms with Gasteiger partial charge >= 0.3 is 11.9 Å². The molecule has 2 N–H and O–H groups in total. The summed E-state index contributed by atoms with van der Waals surface area (Å²) >= 11 is 0. The third-order valence-corrected chi connectivity index (χ3v) is 15.8. The number of hydrogen-bond acceptors (Lipinski definition) is 6. The van der Waals surface area contributed by atoms with Crippen molar-refractivity contribution in [1.82, 2.24) is 0 Å². The molecule has 0 radical (unpaired) electrons. The molecule has 1 fully saturated rings. The molecule has 0 aromatic carbocycles. The van der Waals surface area contributed by atoms with Crippen LogP contribution in [0.4, 0.5) is 0 Å². The average molecular weight is 988 g/mol. The van der Waals surface area contributed by atoms with Gasteiger partial charge in [0.15, 0.2) is 0 Å². The van der Waals surface area contributed by atoms with Gasteiger partial charge < -0.3 is 19.7 Å². The third kappa shape index (κ3) is 45.2. The average Bonchev–Trinajstić information content (AvgIpc) is 3.43.